The number of benzene rings is 1. The second-order valence-corrected chi connectivity index (χ2v) is 2.80. The van der Waals surface area contributed by atoms with Crippen LogP contribution in [0, 0.1) is 10.1 Å². The number of non-ortho nitro benzene ring substituents is 1. The molecule has 12 heavy (non-hydrogen) atoms. The van der Waals surface area contributed by atoms with Crippen molar-refractivity contribution in [2.45, 2.75) is 0 Å². The monoisotopic (exact) mass is 229 g/mol. The van der Waals surface area contributed by atoms with E-state index in [1.54, 1.807) is 0 Å². The summed E-state index contributed by atoms with van der Waals surface area (Å²) in [4.78, 5) is 20.4. The lowest BCUT2D eigenvalue weighted by Gasteiger charge is -1.92. The first-order valence-electron chi connectivity index (χ1n) is 3.05. The van der Waals surface area contributed by atoms with Crippen molar-refractivity contribution in [2.75, 3.05) is 0 Å². The summed E-state index contributed by atoms with van der Waals surface area (Å²) in [7, 11) is 0. The fourth-order valence-corrected chi connectivity index (χ4v) is 0.979. The highest BCUT2D eigenvalue weighted by Gasteiger charge is 2.05. The minimum atomic E-state index is -0.511. The molecule has 0 atom stereocenters. The summed E-state index contributed by atoms with van der Waals surface area (Å²) < 4.78 is -0.280. The Balaban J connectivity index is 3.01. The van der Waals surface area contributed by atoms with Gasteiger partial charge >= 0.3 is 0 Å². The molecule has 0 aliphatic carbocycles. The number of hydrogen-bond donors (Lipinski definition) is 0. The third kappa shape index (κ3) is 1.88. The van der Waals surface area contributed by atoms with Crippen LogP contribution in [0.25, 0.3) is 0 Å². The third-order valence-corrected chi connectivity index (χ3v) is 1.76. The van der Waals surface area contributed by atoms with Gasteiger partial charge in [0.05, 0.1) is 4.92 Å². The van der Waals surface area contributed by atoms with Gasteiger partial charge in [-0.25, -0.2) is 0 Å². The molecule has 4 nitrogen and oxygen atoms in total. The van der Waals surface area contributed by atoms with Crippen LogP contribution in [-0.4, -0.2) is 9.62 Å². The van der Waals surface area contributed by atoms with Crippen molar-refractivity contribution in [1.82, 2.24) is 0 Å². The SMILES string of the molecule is O=C(Br)c1ccc([N+](=O)[O-])cc1. The van der Waals surface area contributed by atoms with Crippen molar-refractivity contribution >= 4 is 26.3 Å². The minimum Gasteiger partial charge on any atom is -0.281 e. The number of nitro groups is 1. The Kier molecular flexibility index (Phi) is 2.54. The quantitative estimate of drug-likeness (QED) is 0.444. The maximum atomic E-state index is 10.7. The standard InChI is InChI=1S/C7H4BrNO3/c8-7(10)5-1-3-6(4-2-5)9(11)12/h1-4H. The molecule has 0 saturated carbocycles. The highest BCUT2D eigenvalue weighted by Crippen LogP contribution is 2.13. The first-order valence-corrected chi connectivity index (χ1v) is 3.85. The van der Waals surface area contributed by atoms with Crippen molar-refractivity contribution in [3.8, 4) is 0 Å². The summed E-state index contributed by atoms with van der Waals surface area (Å²) in [6.07, 6.45) is 0. The van der Waals surface area contributed by atoms with Crippen LogP contribution in [0.1, 0.15) is 10.4 Å². The van der Waals surface area contributed by atoms with Crippen molar-refractivity contribution in [3.63, 3.8) is 0 Å². The van der Waals surface area contributed by atoms with Gasteiger partial charge in [0.2, 0.25) is 4.69 Å². The fraction of sp³-hybridized carbons (Fsp3) is 0. The van der Waals surface area contributed by atoms with Gasteiger partial charge in [0.15, 0.2) is 0 Å². The first kappa shape index (κ1) is 8.86. The number of carbonyl (C=O) groups is 1. The molecule has 0 saturated heterocycles. The zero-order valence-corrected chi connectivity index (χ0v) is 7.45. The van der Waals surface area contributed by atoms with Crippen LogP contribution in [0.5, 0.6) is 0 Å². The van der Waals surface area contributed by atoms with E-state index >= 15 is 0 Å². The number of carbonyl (C=O) groups excluding carboxylic acids is 1. The number of nitrogens with zero attached hydrogens (tertiary/aromatic N) is 1. The van der Waals surface area contributed by atoms with Gasteiger partial charge in [-0.15, -0.1) is 0 Å². The maximum absolute atomic E-state index is 10.7. The number of rotatable bonds is 2. The Bertz CT molecular complexity index is 287. The molecule has 0 N–H and O–H groups in total. The second-order valence-electron chi connectivity index (χ2n) is 2.08. The zero-order valence-electron chi connectivity index (χ0n) is 5.86. The highest BCUT2D eigenvalue weighted by molar-refractivity contribution is 9.18. The topological polar surface area (TPSA) is 60.2 Å². The van der Waals surface area contributed by atoms with Crippen LogP contribution < -0.4 is 0 Å². The van der Waals surface area contributed by atoms with Gasteiger partial charge < -0.3 is 0 Å². The molecule has 0 aromatic heterocycles. The molecule has 0 radical (unpaired) electrons. The molecular weight excluding hydrogens is 226 g/mol. The predicted molar refractivity (Wildman–Crippen MR) is 46.4 cm³/mol. The maximum Gasteiger partial charge on any atom is 0.269 e. The Hall–Kier alpha value is -1.23. The van der Waals surface area contributed by atoms with Crippen LogP contribution >= 0.6 is 15.9 Å². The van der Waals surface area contributed by atoms with Gasteiger partial charge in [-0.05, 0) is 28.1 Å². The molecule has 1 aromatic rings. The van der Waals surface area contributed by atoms with E-state index in [1.807, 2.05) is 0 Å². The van der Waals surface area contributed by atoms with E-state index in [0.717, 1.165) is 0 Å². The van der Waals surface area contributed by atoms with Crippen LogP contribution in [0.2, 0.25) is 0 Å². The van der Waals surface area contributed by atoms with Crippen molar-refractivity contribution in [1.29, 1.82) is 0 Å². The van der Waals surface area contributed by atoms with Crippen LogP contribution in [-0.2, 0) is 0 Å². The highest BCUT2D eigenvalue weighted by atomic mass is 79.9. The average molecular weight is 230 g/mol. The lowest BCUT2D eigenvalue weighted by atomic mass is 10.2. The summed E-state index contributed by atoms with van der Waals surface area (Å²) >= 11 is 2.74. The summed E-state index contributed by atoms with van der Waals surface area (Å²) in [6, 6.07) is 5.37. The fourth-order valence-electron chi connectivity index (χ4n) is 0.714. The molecule has 0 bridgehead atoms. The molecule has 1 aromatic carbocycles. The molecule has 0 unspecified atom stereocenters. The second kappa shape index (κ2) is 3.44. The largest absolute Gasteiger partial charge is 0.281 e. The molecule has 0 fully saturated rings. The summed E-state index contributed by atoms with van der Waals surface area (Å²) in [5.41, 5.74) is 0.383. The molecule has 5 heteroatoms. The molecule has 62 valence electrons. The molecule has 0 aliphatic heterocycles. The molecule has 0 amide bonds. The van der Waals surface area contributed by atoms with Crippen molar-refractivity contribution in [3.05, 3.63) is 39.9 Å². The number of halogens is 1. The van der Waals surface area contributed by atoms with Crippen LogP contribution in [0.15, 0.2) is 24.3 Å². The Labute approximate surface area is 76.5 Å². The molecule has 0 spiro atoms. The van der Waals surface area contributed by atoms with Gasteiger partial charge in [0.1, 0.15) is 0 Å². The lowest BCUT2D eigenvalue weighted by molar-refractivity contribution is -0.384. The smallest absolute Gasteiger partial charge is 0.269 e. The summed E-state index contributed by atoms with van der Waals surface area (Å²) in [5, 5.41) is 10.2. The molecule has 0 heterocycles. The number of hydrogen-bond acceptors (Lipinski definition) is 3. The van der Waals surface area contributed by atoms with E-state index in [9.17, 15) is 14.9 Å². The Morgan fingerprint density at radius 3 is 2.17 bits per heavy atom. The third-order valence-electron chi connectivity index (χ3n) is 1.31. The van der Waals surface area contributed by atoms with E-state index in [-0.39, 0.29) is 10.4 Å². The molecule has 1 rings (SSSR count). The summed E-state index contributed by atoms with van der Waals surface area (Å²) in [5.74, 6) is 0. The number of nitro benzene ring substituents is 1. The minimum absolute atomic E-state index is 0.0208. The molecular formula is C7H4BrNO3. The normalized spacial score (nSPS) is 9.42. The lowest BCUT2D eigenvalue weighted by Crippen LogP contribution is -1.90. The van der Waals surface area contributed by atoms with Gasteiger partial charge in [-0.1, -0.05) is 0 Å². The molecule has 0 aliphatic rings. The van der Waals surface area contributed by atoms with E-state index in [0.29, 0.717) is 5.56 Å². The van der Waals surface area contributed by atoms with Crippen LogP contribution in [0.3, 0.4) is 0 Å². The Morgan fingerprint density at radius 1 is 1.33 bits per heavy atom. The zero-order chi connectivity index (χ0) is 9.14. The first-order chi connectivity index (χ1) is 5.61. The van der Waals surface area contributed by atoms with Gasteiger partial charge in [-0.2, -0.15) is 0 Å². The van der Waals surface area contributed by atoms with E-state index < -0.39 is 4.92 Å². The van der Waals surface area contributed by atoms with E-state index in [4.69, 9.17) is 0 Å². The Morgan fingerprint density at radius 2 is 1.83 bits per heavy atom. The van der Waals surface area contributed by atoms with Gasteiger partial charge in [-0.3, -0.25) is 14.9 Å². The van der Waals surface area contributed by atoms with E-state index in [1.165, 1.54) is 24.3 Å². The van der Waals surface area contributed by atoms with Gasteiger partial charge in [0.25, 0.3) is 5.69 Å². The van der Waals surface area contributed by atoms with Crippen molar-refractivity contribution in [2.24, 2.45) is 0 Å². The van der Waals surface area contributed by atoms with Gasteiger partial charge in [0, 0.05) is 17.7 Å². The van der Waals surface area contributed by atoms with Crippen LogP contribution in [0.4, 0.5) is 5.69 Å². The van der Waals surface area contributed by atoms with E-state index in [2.05, 4.69) is 15.9 Å². The average Bonchev–Trinajstić information content (AvgIpc) is 2.04. The predicted octanol–water partition coefficient (Wildman–Crippen LogP) is 2.13. The van der Waals surface area contributed by atoms with Crippen molar-refractivity contribution < 1.29 is 9.72 Å². The summed E-state index contributed by atoms with van der Waals surface area (Å²) in [6.45, 7) is 0.